The van der Waals surface area contributed by atoms with E-state index in [1.165, 1.54) is 29.5 Å². The normalized spacial score (nSPS) is 24.6. The zero-order valence-corrected chi connectivity index (χ0v) is 12.9. The van der Waals surface area contributed by atoms with Gasteiger partial charge in [-0.15, -0.1) is 0 Å². The number of hydrogen-bond donors (Lipinski definition) is 1. The lowest BCUT2D eigenvalue weighted by Gasteiger charge is -2.45. The topological polar surface area (TPSA) is 24.9 Å². The highest BCUT2D eigenvalue weighted by Gasteiger charge is 2.39. The van der Waals surface area contributed by atoms with Crippen molar-refractivity contribution in [2.24, 2.45) is 5.92 Å². The fourth-order valence-corrected chi connectivity index (χ4v) is 3.62. The summed E-state index contributed by atoms with van der Waals surface area (Å²) in [6.45, 7) is 5.59. The van der Waals surface area contributed by atoms with Crippen molar-refractivity contribution >= 4 is 0 Å². The minimum absolute atomic E-state index is 0.713. The molecule has 0 saturated heterocycles. The summed E-state index contributed by atoms with van der Waals surface area (Å²) < 4.78 is 0. The molecule has 1 aliphatic carbocycles. The Morgan fingerprint density at radius 1 is 1.00 bits per heavy atom. The second-order valence-electron chi connectivity index (χ2n) is 5.94. The van der Waals surface area contributed by atoms with Gasteiger partial charge in [0.2, 0.25) is 0 Å². The smallest absolute Gasteiger partial charge is 0.0273 e. The minimum atomic E-state index is 0.713. The maximum atomic E-state index is 4.08. The van der Waals surface area contributed by atoms with E-state index in [9.17, 15) is 0 Å². The van der Waals surface area contributed by atoms with Crippen LogP contribution in [0.1, 0.15) is 38.2 Å². The first-order chi connectivity index (χ1) is 10.3. The molecule has 0 aliphatic heterocycles. The van der Waals surface area contributed by atoms with E-state index in [0.717, 1.165) is 18.4 Å². The third-order valence-electron chi connectivity index (χ3n) is 4.83. The molecule has 110 valence electrons. The van der Waals surface area contributed by atoms with Gasteiger partial charge < -0.3 is 5.32 Å². The molecule has 0 radical (unpaired) electrons. The fraction of sp³-hybridized carbons (Fsp3) is 0.421. The molecule has 1 fully saturated rings. The van der Waals surface area contributed by atoms with Crippen LogP contribution >= 0.6 is 0 Å². The first kappa shape index (κ1) is 14.3. The Balaban J connectivity index is 1.73. The Bertz CT molecular complexity index is 562. The highest BCUT2D eigenvalue weighted by molar-refractivity contribution is 5.63. The summed E-state index contributed by atoms with van der Waals surface area (Å²) in [7, 11) is 0. The van der Waals surface area contributed by atoms with Crippen molar-refractivity contribution in [2.75, 3.05) is 6.54 Å². The lowest BCUT2D eigenvalue weighted by molar-refractivity contribution is 0.163. The van der Waals surface area contributed by atoms with Crippen molar-refractivity contribution in [3.63, 3.8) is 0 Å². The molecule has 2 nitrogen and oxygen atoms in total. The average Bonchev–Trinajstić information content (AvgIpc) is 2.53. The SMILES string of the molecule is CCNC1CC(c2ccc(-c3ccncc3)cc2)C1CC. The molecule has 1 aliphatic rings. The molecule has 1 N–H and O–H groups in total. The molecule has 0 spiro atoms. The number of rotatable bonds is 5. The molecule has 21 heavy (non-hydrogen) atoms. The maximum absolute atomic E-state index is 4.08. The van der Waals surface area contributed by atoms with Crippen molar-refractivity contribution in [3.8, 4) is 11.1 Å². The Kier molecular flexibility index (Phi) is 4.35. The van der Waals surface area contributed by atoms with E-state index in [2.05, 4.69) is 60.5 Å². The number of pyridine rings is 1. The number of nitrogens with one attached hydrogen (secondary N) is 1. The van der Waals surface area contributed by atoms with Crippen LogP contribution in [0.5, 0.6) is 0 Å². The van der Waals surface area contributed by atoms with Gasteiger partial charge >= 0.3 is 0 Å². The van der Waals surface area contributed by atoms with Crippen molar-refractivity contribution in [1.29, 1.82) is 0 Å². The zero-order valence-electron chi connectivity index (χ0n) is 12.9. The van der Waals surface area contributed by atoms with E-state index < -0.39 is 0 Å². The molecule has 3 rings (SSSR count). The molecule has 2 aromatic rings. The summed E-state index contributed by atoms with van der Waals surface area (Å²) in [5.41, 5.74) is 4.01. The highest BCUT2D eigenvalue weighted by atomic mass is 14.9. The quantitative estimate of drug-likeness (QED) is 0.886. The van der Waals surface area contributed by atoms with Crippen LogP contribution in [0.4, 0.5) is 0 Å². The van der Waals surface area contributed by atoms with Crippen LogP contribution in [0.2, 0.25) is 0 Å². The van der Waals surface area contributed by atoms with Crippen LogP contribution in [0.15, 0.2) is 48.8 Å². The van der Waals surface area contributed by atoms with E-state index in [1.54, 1.807) is 0 Å². The molecular weight excluding hydrogens is 256 g/mol. The molecular formula is C19H24N2. The number of nitrogens with zero attached hydrogens (tertiary/aromatic N) is 1. The third-order valence-corrected chi connectivity index (χ3v) is 4.83. The van der Waals surface area contributed by atoms with Crippen LogP contribution in [0.3, 0.4) is 0 Å². The summed E-state index contributed by atoms with van der Waals surface area (Å²) >= 11 is 0. The Labute approximate surface area is 127 Å². The molecule has 0 amide bonds. The van der Waals surface area contributed by atoms with Crippen molar-refractivity contribution in [2.45, 2.75) is 38.6 Å². The van der Waals surface area contributed by atoms with Crippen molar-refractivity contribution < 1.29 is 0 Å². The summed E-state index contributed by atoms with van der Waals surface area (Å²) in [4.78, 5) is 4.08. The van der Waals surface area contributed by atoms with Crippen LogP contribution in [0, 0.1) is 5.92 Å². The van der Waals surface area contributed by atoms with Gasteiger partial charge in [0, 0.05) is 18.4 Å². The number of aromatic nitrogens is 1. The summed E-state index contributed by atoms with van der Waals surface area (Å²) in [6, 6.07) is 14.0. The van der Waals surface area contributed by atoms with Gasteiger partial charge in [0.15, 0.2) is 0 Å². The fourth-order valence-electron chi connectivity index (χ4n) is 3.62. The lowest BCUT2D eigenvalue weighted by Crippen LogP contribution is -2.48. The van der Waals surface area contributed by atoms with Gasteiger partial charge in [0.05, 0.1) is 0 Å². The summed E-state index contributed by atoms with van der Waals surface area (Å²) in [5.74, 6) is 1.52. The van der Waals surface area contributed by atoms with Crippen LogP contribution in [-0.4, -0.2) is 17.6 Å². The predicted octanol–water partition coefficient (Wildman–Crippen LogP) is 4.24. The van der Waals surface area contributed by atoms with Gasteiger partial charge in [0.25, 0.3) is 0 Å². The monoisotopic (exact) mass is 280 g/mol. The predicted molar refractivity (Wildman–Crippen MR) is 88.3 cm³/mol. The van der Waals surface area contributed by atoms with Crippen LogP contribution in [0.25, 0.3) is 11.1 Å². The van der Waals surface area contributed by atoms with E-state index >= 15 is 0 Å². The molecule has 1 aromatic heterocycles. The van der Waals surface area contributed by atoms with Gasteiger partial charge in [-0.1, -0.05) is 44.5 Å². The van der Waals surface area contributed by atoms with E-state index in [-0.39, 0.29) is 0 Å². The second-order valence-corrected chi connectivity index (χ2v) is 5.94. The van der Waals surface area contributed by atoms with Crippen molar-refractivity contribution in [3.05, 3.63) is 54.4 Å². The van der Waals surface area contributed by atoms with Crippen LogP contribution < -0.4 is 5.32 Å². The number of benzene rings is 1. The second kappa shape index (κ2) is 6.40. The van der Waals surface area contributed by atoms with E-state index in [0.29, 0.717) is 6.04 Å². The standard InChI is InChI=1S/C19H24N2/c1-3-17-18(13-19(17)21-4-2)16-7-5-14(6-8-16)15-9-11-20-12-10-15/h5-12,17-19,21H,3-4,13H2,1-2H3. The van der Waals surface area contributed by atoms with Gasteiger partial charge in [-0.3, -0.25) is 4.98 Å². The van der Waals surface area contributed by atoms with Gasteiger partial charge in [-0.05, 0) is 53.6 Å². The van der Waals surface area contributed by atoms with Gasteiger partial charge in [-0.25, -0.2) is 0 Å². The summed E-state index contributed by atoms with van der Waals surface area (Å²) in [6.07, 6.45) is 6.24. The molecule has 2 heteroatoms. The third kappa shape index (κ3) is 2.86. The molecule has 1 aromatic carbocycles. The first-order valence-corrected chi connectivity index (χ1v) is 8.07. The average molecular weight is 280 g/mol. The largest absolute Gasteiger partial charge is 0.314 e. The lowest BCUT2D eigenvalue weighted by atomic mass is 9.65. The van der Waals surface area contributed by atoms with Gasteiger partial charge in [0.1, 0.15) is 0 Å². The minimum Gasteiger partial charge on any atom is -0.314 e. The first-order valence-electron chi connectivity index (χ1n) is 8.07. The van der Waals surface area contributed by atoms with E-state index in [4.69, 9.17) is 0 Å². The Morgan fingerprint density at radius 3 is 2.29 bits per heavy atom. The highest BCUT2D eigenvalue weighted by Crippen LogP contribution is 2.44. The Morgan fingerprint density at radius 2 is 1.67 bits per heavy atom. The summed E-state index contributed by atoms with van der Waals surface area (Å²) in [5, 5.41) is 3.61. The molecule has 3 unspecified atom stereocenters. The maximum Gasteiger partial charge on any atom is 0.0273 e. The zero-order chi connectivity index (χ0) is 14.7. The van der Waals surface area contributed by atoms with Gasteiger partial charge in [-0.2, -0.15) is 0 Å². The molecule has 0 bridgehead atoms. The van der Waals surface area contributed by atoms with E-state index in [1.807, 2.05) is 12.4 Å². The molecule has 1 heterocycles. The molecule has 1 saturated carbocycles. The molecule has 3 atom stereocenters. The van der Waals surface area contributed by atoms with Crippen molar-refractivity contribution in [1.82, 2.24) is 10.3 Å². The van der Waals surface area contributed by atoms with Crippen LogP contribution in [-0.2, 0) is 0 Å². The Hall–Kier alpha value is -1.67. The number of hydrogen-bond acceptors (Lipinski definition) is 2.